The number of carbonyl (C=O) groups is 2. The van der Waals surface area contributed by atoms with Gasteiger partial charge in [0, 0.05) is 12.8 Å². The van der Waals surface area contributed by atoms with E-state index in [1.54, 1.807) is 0 Å². The van der Waals surface area contributed by atoms with Crippen LogP contribution < -0.4 is 0 Å². The van der Waals surface area contributed by atoms with Crippen molar-refractivity contribution in [2.75, 3.05) is 11.5 Å². The molecule has 0 atom stereocenters. The zero-order valence-corrected chi connectivity index (χ0v) is 23.7. The maximum atomic E-state index is 10.4. The van der Waals surface area contributed by atoms with E-state index in [1.807, 2.05) is 0 Å². The zero-order valence-electron chi connectivity index (χ0n) is 22.9. The van der Waals surface area contributed by atoms with Crippen molar-refractivity contribution >= 4 is 23.7 Å². The van der Waals surface area contributed by atoms with Gasteiger partial charge in [0.2, 0.25) is 0 Å². The summed E-state index contributed by atoms with van der Waals surface area (Å²) < 4.78 is 0. The van der Waals surface area contributed by atoms with E-state index in [1.165, 1.54) is 140 Å². The van der Waals surface area contributed by atoms with Crippen molar-refractivity contribution in [2.24, 2.45) is 0 Å². The Morgan fingerprint density at radius 1 is 0.343 bits per heavy atom. The molecular weight excluding hydrogens is 456 g/mol. The highest BCUT2D eigenvalue weighted by Crippen LogP contribution is 2.16. The summed E-state index contributed by atoms with van der Waals surface area (Å²) in [5.74, 6) is 1.37. The van der Waals surface area contributed by atoms with Gasteiger partial charge in [-0.2, -0.15) is 11.8 Å². The van der Waals surface area contributed by atoms with Crippen LogP contribution >= 0.6 is 11.8 Å². The molecule has 0 unspecified atom stereocenters. The maximum Gasteiger partial charge on any atom is 0.303 e. The first-order valence-electron chi connectivity index (χ1n) is 15.1. The number of aliphatic carboxylic acids is 2. The fraction of sp³-hybridized carbons (Fsp3) is 0.933. The molecular formula is C30H58O4S. The number of hydrogen-bond acceptors (Lipinski definition) is 3. The van der Waals surface area contributed by atoms with Crippen molar-refractivity contribution in [3.8, 4) is 0 Å². The fourth-order valence-corrected chi connectivity index (χ4v) is 5.62. The Morgan fingerprint density at radius 2 is 0.543 bits per heavy atom. The zero-order chi connectivity index (χ0) is 25.7. The van der Waals surface area contributed by atoms with Gasteiger partial charge in [-0.05, 0) is 37.2 Å². The van der Waals surface area contributed by atoms with Crippen LogP contribution in [-0.2, 0) is 9.59 Å². The molecule has 2 N–H and O–H groups in total. The molecule has 0 bridgehead atoms. The molecule has 0 amide bonds. The van der Waals surface area contributed by atoms with Crippen LogP contribution in [0, 0.1) is 0 Å². The van der Waals surface area contributed by atoms with E-state index in [0.29, 0.717) is 12.8 Å². The Labute approximate surface area is 221 Å². The molecule has 0 fully saturated rings. The third kappa shape index (κ3) is 33.3. The van der Waals surface area contributed by atoms with E-state index in [9.17, 15) is 9.59 Å². The summed E-state index contributed by atoms with van der Waals surface area (Å²) in [7, 11) is 0. The highest BCUT2D eigenvalue weighted by molar-refractivity contribution is 7.99. The number of hydrogen-bond donors (Lipinski definition) is 2. The highest BCUT2D eigenvalue weighted by atomic mass is 32.2. The molecule has 0 radical (unpaired) electrons. The second-order valence-electron chi connectivity index (χ2n) is 10.4. The van der Waals surface area contributed by atoms with Gasteiger partial charge >= 0.3 is 11.9 Å². The smallest absolute Gasteiger partial charge is 0.303 e. The lowest BCUT2D eigenvalue weighted by Crippen LogP contribution is -1.93. The minimum Gasteiger partial charge on any atom is -0.481 e. The third-order valence-corrected chi connectivity index (χ3v) is 8.01. The van der Waals surface area contributed by atoms with Gasteiger partial charge in [0.15, 0.2) is 0 Å². The molecule has 0 aromatic rings. The molecule has 0 saturated carbocycles. The monoisotopic (exact) mass is 514 g/mol. The summed E-state index contributed by atoms with van der Waals surface area (Å²) in [5, 5.41) is 17.2. The molecule has 0 aliphatic rings. The van der Waals surface area contributed by atoms with Gasteiger partial charge < -0.3 is 10.2 Å². The van der Waals surface area contributed by atoms with Crippen LogP contribution in [0.2, 0.25) is 0 Å². The van der Waals surface area contributed by atoms with Crippen molar-refractivity contribution in [2.45, 2.75) is 167 Å². The molecule has 0 spiro atoms. The van der Waals surface area contributed by atoms with E-state index in [0.717, 1.165) is 25.7 Å². The Bertz CT molecular complexity index is 416. The molecule has 0 aromatic carbocycles. The van der Waals surface area contributed by atoms with Gasteiger partial charge in [-0.1, -0.05) is 128 Å². The summed E-state index contributed by atoms with van der Waals surface area (Å²) in [6, 6.07) is 0. The summed E-state index contributed by atoms with van der Waals surface area (Å²) >= 11 is 2.16. The van der Waals surface area contributed by atoms with Crippen LogP contribution in [0.3, 0.4) is 0 Å². The number of carboxylic acids is 2. The molecule has 0 aliphatic carbocycles. The lowest BCUT2D eigenvalue weighted by Gasteiger charge is -2.04. The summed E-state index contributed by atoms with van der Waals surface area (Å²) in [6.07, 6.45) is 31.5. The quantitative estimate of drug-likeness (QED) is 0.0932. The first-order chi connectivity index (χ1) is 17.1. The lowest BCUT2D eigenvalue weighted by atomic mass is 10.0. The molecule has 0 rings (SSSR count). The predicted octanol–water partition coefficient (Wildman–Crippen LogP) is 10.0. The second-order valence-corrected chi connectivity index (χ2v) is 11.6. The molecule has 0 saturated heterocycles. The number of carboxylic acid groups (broad SMARTS) is 2. The van der Waals surface area contributed by atoms with Crippen LogP contribution in [0.4, 0.5) is 0 Å². The minimum absolute atomic E-state index is 0.335. The standard InChI is InChI=1S/C30H58O4S/c31-29(32)25-21-17-13-9-5-1-3-7-11-15-19-23-27-35-28-24-20-16-12-8-4-2-6-10-14-18-22-26-30(33)34/h1-28H2,(H,31,32)(H,33,34). The van der Waals surface area contributed by atoms with Gasteiger partial charge in [0.1, 0.15) is 0 Å². The van der Waals surface area contributed by atoms with Crippen LogP contribution in [-0.4, -0.2) is 33.7 Å². The normalized spacial score (nSPS) is 11.2. The topological polar surface area (TPSA) is 74.6 Å². The third-order valence-electron chi connectivity index (χ3n) is 6.86. The van der Waals surface area contributed by atoms with Crippen LogP contribution in [0.25, 0.3) is 0 Å². The summed E-state index contributed by atoms with van der Waals surface area (Å²) in [4.78, 5) is 20.9. The lowest BCUT2D eigenvalue weighted by molar-refractivity contribution is -0.138. The molecule has 0 aromatic heterocycles. The summed E-state index contributed by atoms with van der Waals surface area (Å²) in [6.45, 7) is 0. The summed E-state index contributed by atoms with van der Waals surface area (Å²) in [5.41, 5.74) is 0. The molecule has 0 heterocycles. The van der Waals surface area contributed by atoms with Gasteiger partial charge in [0.05, 0.1) is 0 Å². The van der Waals surface area contributed by atoms with E-state index >= 15 is 0 Å². The predicted molar refractivity (Wildman–Crippen MR) is 153 cm³/mol. The van der Waals surface area contributed by atoms with Crippen molar-refractivity contribution < 1.29 is 19.8 Å². The first kappa shape index (κ1) is 34.3. The van der Waals surface area contributed by atoms with Crippen molar-refractivity contribution in [3.05, 3.63) is 0 Å². The van der Waals surface area contributed by atoms with Gasteiger partial charge in [-0.15, -0.1) is 0 Å². The van der Waals surface area contributed by atoms with E-state index in [-0.39, 0.29) is 0 Å². The minimum atomic E-state index is -0.659. The van der Waals surface area contributed by atoms with E-state index in [4.69, 9.17) is 10.2 Å². The molecule has 4 nitrogen and oxygen atoms in total. The van der Waals surface area contributed by atoms with Crippen molar-refractivity contribution in [1.29, 1.82) is 0 Å². The van der Waals surface area contributed by atoms with E-state index < -0.39 is 11.9 Å². The maximum absolute atomic E-state index is 10.4. The SMILES string of the molecule is O=C(O)CCCCCCCCCCCCCCSCCCCCCCCCCCCCCC(=O)O. The average Bonchev–Trinajstić information content (AvgIpc) is 2.82. The first-order valence-corrected chi connectivity index (χ1v) is 16.3. The number of thioether (sulfide) groups is 1. The number of rotatable bonds is 30. The largest absolute Gasteiger partial charge is 0.481 e. The van der Waals surface area contributed by atoms with Crippen molar-refractivity contribution in [3.63, 3.8) is 0 Å². The Morgan fingerprint density at radius 3 is 0.771 bits per heavy atom. The molecule has 5 heteroatoms. The van der Waals surface area contributed by atoms with Gasteiger partial charge in [-0.25, -0.2) is 0 Å². The Kier molecular flexibility index (Phi) is 28.9. The highest BCUT2D eigenvalue weighted by Gasteiger charge is 1.99. The van der Waals surface area contributed by atoms with Crippen LogP contribution in [0.5, 0.6) is 0 Å². The van der Waals surface area contributed by atoms with Crippen molar-refractivity contribution in [1.82, 2.24) is 0 Å². The molecule has 35 heavy (non-hydrogen) atoms. The average molecular weight is 515 g/mol. The Hall–Kier alpha value is -0.710. The molecule has 208 valence electrons. The van der Waals surface area contributed by atoms with Crippen LogP contribution in [0.1, 0.15) is 167 Å². The van der Waals surface area contributed by atoms with Gasteiger partial charge in [0.25, 0.3) is 0 Å². The Balaban J connectivity index is 3.03. The van der Waals surface area contributed by atoms with E-state index in [2.05, 4.69) is 11.8 Å². The van der Waals surface area contributed by atoms with Gasteiger partial charge in [-0.3, -0.25) is 9.59 Å². The number of unbranched alkanes of at least 4 members (excludes halogenated alkanes) is 22. The fourth-order valence-electron chi connectivity index (χ4n) is 4.60. The molecule has 0 aliphatic heterocycles. The van der Waals surface area contributed by atoms with Crippen LogP contribution in [0.15, 0.2) is 0 Å². The second kappa shape index (κ2) is 29.5.